The Kier molecular flexibility index (Phi) is 11.5. The van der Waals surface area contributed by atoms with Crippen LogP contribution < -0.4 is 0 Å². The zero-order chi connectivity index (χ0) is 12.9. The molecule has 3 heteroatoms. The van der Waals surface area contributed by atoms with E-state index in [2.05, 4.69) is 13.8 Å². The molecule has 0 saturated carbocycles. The maximum Gasteiger partial charge on any atom is 0.305 e. The Morgan fingerprint density at radius 1 is 1.06 bits per heavy atom. The average molecular weight is 244 g/mol. The minimum atomic E-state index is -0.0784. The van der Waals surface area contributed by atoms with Crippen LogP contribution in [0.4, 0.5) is 0 Å². The summed E-state index contributed by atoms with van der Waals surface area (Å²) in [6, 6.07) is 0. The molecule has 17 heavy (non-hydrogen) atoms. The average Bonchev–Trinajstić information content (AvgIpc) is 2.27. The predicted octanol–water partition coefficient (Wildman–Crippen LogP) is 3.56. The molecule has 0 aliphatic carbocycles. The summed E-state index contributed by atoms with van der Waals surface area (Å²) in [4.78, 5) is 11.0. The Morgan fingerprint density at radius 2 is 1.76 bits per heavy atom. The van der Waals surface area contributed by atoms with Crippen molar-refractivity contribution in [2.24, 2.45) is 5.92 Å². The number of hydrogen-bond donors (Lipinski definition) is 0. The normalized spacial score (nSPS) is 10.8. The number of ether oxygens (including phenoxy) is 2. The van der Waals surface area contributed by atoms with Crippen LogP contribution in [0.5, 0.6) is 0 Å². The maximum atomic E-state index is 11.0. The Balaban J connectivity index is 3.06. The van der Waals surface area contributed by atoms with Crippen molar-refractivity contribution in [2.75, 3.05) is 19.8 Å². The zero-order valence-corrected chi connectivity index (χ0v) is 11.7. The van der Waals surface area contributed by atoms with E-state index < -0.39 is 0 Å². The fourth-order valence-corrected chi connectivity index (χ4v) is 1.58. The summed E-state index contributed by atoms with van der Waals surface area (Å²) < 4.78 is 10.4. The van der Waals surface area contributed by atoms with Gasteiger partial charge in [-0.1, -0.05) is 20.3 Å². The van der Waals surface area contributed by atoms with Gasteiger partial charge in [-0.15, -0.1) is 0 Å². The molecule has 0 radical (unpaired) electrons. The van der Waals surface area contributed by atoms with E-state index in [1.54, 1.807) is 0 Å². The van der Waals surface area contributed by atoms with Crippen molar-refractivity contribution >= 4 is 5.97 Å². The molecule has 0 atom stereocenters. The second kappa shape index (κ2) is 11.9. The Labute approximate surface area is 106 Å². The van der Waals surface area contributed by atoms with Crippen LogP contribution in [0.2, 0.25) is 0 Å². The monoisotopic (exact) mass is 244 g/mol. The van der Waals surface area contributed by atoms with Crippen LogP contribution in [0.1, 0.15) is 59.3 Å². The fourth-order valence-electron chi connectivity index (χ4n) is 1.58. The lowest BCUT2D eigenvalue weighted by atomic mass is 10.1. The first kappa shape index (κ1) is 16.4. The maximum absolute atomic E-state index is 11.0. The summed E-state index contributed by atoms with van der Waals surface area (Å²) >= 11 is 0. The van der Waals surface area contributed by atoms with Crippen LogP contribution in [0.15, 0.2) is 0 Å². The van der Waals surface area contributed by atoms with Crippen LogP contribution in [0, 0.1) is 5.92 Å². The number of carbonyl (C=O) groups excluding carboxylic acids is 1. The van der Waals surface area contributed by atoms with Gasteiger partial charge in [0.1, 0.15) is 0 Å². The number of hydrogen-bond acceptors (Lipinski definition) is 3. The lowest BCUT2D eigenvalue weighted by Gasteiger charge is -2.06. The van der Waals surface area contributed by atoms with E-state index >= 15 is 0 Å². The first-order chi connectivity index (χ1) is 8.16. The molecule has 0 rings (SSSR count). The summed E-state index contributed by atoms with van der Waals surface area (Å²) in [6.07, 6.45) is 5.93. The summed E-state index contributed by atoms with van der Waals surface area (Å²) in [6.45, 7) is 8.47. The Bertz CT molecular complexity index is 178. The summed E-state index contributed by atoms with van der Waals surface area (Å²) in [5.74, 6) is 0.688. The smallest absolute Gasteiger partial charge is 0.305 e. The van der Waals surface area contributed by atoms with Crippen molar-refractivity contribution < 1.29 is 14.3 Å². The summed E-state index contributed by atoms with van der Waals surface area (Å²) in [5, 5.41) is 0. The highest BCUT2D eigenvalue weighted by atomic mass is 16.5. The van der Waals surface area contributed by atoms with Crippen molar-refractivity contribution in [2.45, 2.75) is 59.3 Å². The molecule has 3 nitrogen and oxygen atoms in total. The van der Waals surface area contributed by atoms with E-state index in [9.17, 15) is 4.79 Å². The topological polar surface area (TPSA) is 35.5 Å². The van der Waals surface area contributed by atoms with Crippen LogP contribution in [0.25, 0.3) is 0 Å². The van der Waals surface area contributed by atoms with Crippen molar-refractivity contribution in [1.82, 2.24) is 0 Å². The van der Waals surface area contributed by atoms with Crippen LogP contribution in [0.3, 0.4) is 0 Å². The molecule has 0 bridgehead atoms. The Morgan fingerprint density at radius 3 is 2.41 bits per heavy atom. The van der Waals surface area contributed by atoms with Crippen molar-refractivity contribution in [3.8, 4) is 0 Å². The molecule has 0 fully saturated rings. The molecule has 0 heterocycles. The van der Waals surface area contributed by atoms with E-state index in [1.807, 2.05) is 6.92 Å². The molecule has 0 saturated heterocycles. The van der Waals surface area contributed by atoms with Gasteiger partial charge in [-0.05, 0) is 38.5 Å². The molecule has 0 amide bonds. The van der Waals surface area contributed by atoms with E-state index in [1.165, 1.54) is 6.42 Å². The minimum Gasteiger partial charge on any atom is -0.466 e. The van der Waals surface area contributed by atoms with Gasteiger partial charge in [-0.25, -0.2) is 0 Å². The zero-order valence-electron chi connectivity index (χ0n) is 11.7. The predicted molar refractivity (Wildman–Crippen MR) is 70.0 cm³/mol. The largest absolute Gasteiger partial charge is 0.466 e. The molecule has 0 N–H and O–H groups in total. The summed E-state index contributed by atoms with van der Waals surface area (Å²) in [5.41, 5.74) is 0. The molecule has 0 aliphatic heterocycles. The third-order valence-electron chi connectivity index (χ3n) is 2.55. The second-order valence-corrected chi connectivity index (χ2v) is 4.76. The lowest BCUT2D eigenvalue weighted by molar-refractivity contribution is -0.143. The first-order valence-corrected chi connectivity index (χ1v) is 6.90. The first-order valence-electron chi connectivity index (χ1n) is 6.90. The van der Waals surface area contributed by atoms with E-state index in [4.69, 9.17) is 9.47 Å². The molecule has 102 valence electrons. The van der Waals surface area contributed by atoms with Crippen LogP contribution >= 0.6 is 0 Å². The number of carbonyl (C=O) groups is 1. The van der Waals surface area contributed by atoms with E-state index in [0.717, 1.165) is 44.8 Å². The highest BCUT2D eigenvalue weighted by molar-refractivity contribution is 5.69. The number of unbranched alkanes of at least 4 members (excludes halogenated alkanes) is 2. The minimum absolute atomic E-state index is 0.0784. The van der Waals surface area contributed by atoms with Crippen LogP contribution in [-0.4, -0.2) is 25.8 Å². The van der Waals surface area contributed by atoms with Crippen molar-refractivity contribution in [3.05, 3.63) is 0 Å². The SMILES string of the molecule is CCOC(=O)CCCCCOCCCC(C)C. The van der Waals surface area contributed by atoms with Gasteiger partial charge in [0, 0.05) is 19.6 Å². The standard InChI is InChI=1S/C14H28O3/c1-4-17-14(15)10-6-5-7-11-16-12-8-9-13(2)3/h13H,4-12H2,1-3H3. The summed E-state index contributed by atoms with van der Waals surface area (Å²) in [7, 11) is 0. The van der Waals surface area contributed by atoms with Crippen molar-refractivity contribution in [1.29, 1.82) is 0 Å². The lowest BCUT2D eigenvalue weighted by Crippen LogP contribution is -2.04. The van der Waals surface area contributed by atoms with Gasteiger partial charge in [-0.3, -0.25) is 4.79 Å². The highest BCUT2D eigenvalue weighted by Gasteiger charge is 2.00. The fraction of sp³-hybridized carbons (Fsp3) is 0.929. The molecule has 0 aromatic heterocycles. The number of esters is 1. The molecule has 0 spiro atoms. The van der Waals surface area contributed by atoms with Gasteiger partial charge in [-0.2, -0.15) is 0 Å². The van der Waals surface area contributed by atoms with Gasteiger partial charge in [0.2, 0.25) is 0 Å². The van der Waals surface area contributed by atoms with Gasteiger partial charge < -0.3 is 9.47 Å². The molecule has 0 aliphatic rings. The third-order valence-corrected chi connectivity index (χ3v) is 2.55. The highest BCUT2D eigenvalue weighted by Crippen LogP contribution is 2.05. The molecule has 0 unspecified atom stereocenters. The molecule has 0 aromatic rings. The van der Waals surface area contributed by atoms with Gasteiger partial charge in [0.15, 0.2) is 0 Å². The van der Waals surface area contributed by atoms with Crippen LogP contribution in [-0.2, 0) is 14.3 Å². The van der Waals surface area contributed by atoms with E-state index in [0.29, 0.717) is 13.0 Å². The van der Waals surface area contributed by atoms with E-state index in [-0.39, 0.29) is 5.97 Å². The second-order valence-electron chi connectivity index (χ2n) is 4.76. The van der Waals surface area contributed by atoms with Gasteiger partial charge >= 0.3 is 5.97 Å². The molecular formula is C14H28O3. The number of rotatable bonds is 11. The quantitative estimate of drug-likeness (QED) is 0.412. The molecule has 0 aromatic carbocycles. The Hall–Kier alpha value is -0.570. The molecular weight excluding hydrogens is 216 g/mol. The van der Waals surface area contributed by atoms with Gasteiger partial charge in [0.05, 0.1) is 6.61 Å². The van der Waals surface area contributed by atoms with Crippen molar-refractivity contribution in [3.63, 3.8) is 0 Å². The third kappa shape index (κ3) is 13.4. The van der Waals surface area contributed by atoms with Gasteiger partial charge in [0.25, 0.3) is 0 Å².